The third-order valence-electron chi connectivity index (χ3n) is 3.10. The Hall–Kier alpha value is -1.25. The van der Waals surface area contributed by atoms with Crippen molar-refractivity contribution in [1.29, 1.82) is 0 Å². The van der Waals surface area contributed by atoms with Crippen LogP contribution in [-0.4, -0.2) is 45.0 Å². The predicted molar refractivity (Wildman–Crippen MR) is 69.3 cm³/mol. The van der Waals surface area contributed by atoms with E-state index in [2.05, 4.69) is 10.1 Å². The molecule has 1 saturated heterocycles. The lowest BCUT2D eigenvalue weighted by molar-refractivity contribution is -0.0498. The summed E-state index contributed by atoms with van der Waals surface area (Å²) in [5.41, 5.74) is 0. The van der Waals surface area contributed by atoms with Gasteiger partial charge in [-0.3, -0.25) is 0 Å². The maximum Gasteiger partial charge on any atom is 0.387 e. The van der Waals surface area contributed by atoms with E-state index in [1.165, 1.54) is 28.6 Å². The highest BCUT2D eigenvalue weighted by molar-refractivity contribution is 7.89. The molecule has 0 radical (unpaired) electrons. The number of hydrogen-bond donors (Lipinski definition) is 1. The number of alkyl halides is 2. The lowest BCUT2D eigenvalue weighted by atomic mass is 10.3. The number of benzene rings is 1. The number of ether oxygens (including phenoxy) is 1. The van der Waals surface area contributed by atoms with E-state index in [0.717, 1.165) is 0 Å². The Balaban J connectivity index is 2.21. The molecule has 0 aliphatic carbocycles. The number of rotatable bonds is 4. The van der Waals surface area contributed by atoms with Gasteiger partial charge in [-0.15, -0.1) is 0 Å². The summed E-state index contributed by atoms with van der Waals surface area (Å²) in [5.74, 6) is -0.0627. The van der Waals surface area contributed by atoms with Crippen LogP contribution in [0.25, 0.3) is 0 Å². The van der Waals surface area contributed by atoms with E-state index in [9.17, 15) is 17.2 Å². The summed E-state index contributed by atoms with van der Waals surface area (Å²) in [6, 6.07) is 4.87. The summed E-state index contributed by atoms with van der Waals surface area (Å²) in [7, 11) is -3.61. The fourth-order valence-electron chi connectivity index (χ4n) is 2.11. The molecule has 5 nitrogen and oxygen atoms in total. The quantitative estimate of drug-likeness (QED) is 0.910. The molecule has 1 atom stereocenters. The van der Waals surface area contributed by atoms with Gasteiger partial charge in [0.05, 0.1) is 4.90 Å². The monoisotopic (exact) mass is 306 g/mol. The van der Waals surface area contributed by atoms with Gasteiger partial charge >= 0.3 is 6.61 Å². The number of hydrogen-bond acceptors (Lipinski definition) is 4. The zero-order valence-corrected chi connectivity index (χ0v) is 11.7. The third-order valence-corrected chi connectivity index (χ3v) is 5.12. The topological polar surface area (TPSA) is 58.6 Å². The Bertz CT molecular complexity index is 548. The highest BCUT2D eigenvalue weighted by Crippen LogP contribution is 2.22. The first kappa shape index (κ1) is 15.1. The average Bonchev–Trinajstić information content (AvgIpc) is 2.39. The molecule has 1 aromatic rings. The molecule has 1 aliphatic heterocycles. The number of sulfonamides is 1. The zero-order chi connectivity index (χ0) is 14.8. The molecule has 0 saturated carbocycles. The van der Waals surface area contributed by atoms with E-state index in [0.29, 0.717) is 19.6 Å². The van der Waals surface area contributed by atoms with Crippen molar-refractivity contribution in [3.05, 3.63) is 24.3 Å². The number of piperazine rings is 1. The van der Waals surface area contributed by atoms with E-state index in [1.807, 2.05) is 6.92 Å². The van der Waals surface area contributed by atoms with Gasteiger partial charge in [-0.05, 0) is 31.2 Å². The van der Waals surface area contributed by atoms with Crippen LogP contribution in [0.15, 0.2) is 29.2 Å². The van der Waals surface area contributed by atoms with Crippen LogP contribution in [0, 0.1) is 0 Å². The van der Waals surface area contributed by atoms with Gasteiger partial charge in [-0.2, -0.15) is 13.1 Å². The SMILES string of the molecule is C[C@@H]1CNCCN1S(=O)(=O)c1ccc(OC(F)F)cc1. The smallest absolute Gasteiger partial charge is 0.387 e. The Kier molecular flexibility index (Phi) is 4.56. The lowest BCUT2D eigenvalue weighted by Crippen LogP contribution is -2.52. The number of nitrogens with zero attached hydrogens (tertiary/aromatic N) is 1. The second-order valence-electron chi connectivity index (χ2n) is 4.52. The molecule has 1 aliphatic rings. The van der Waals surface area contributed by atoms with Gasteiger partial charge in [0.1, 0.15) is 5.75 Å². The summed E-state index contributed by atoms with van der Waals surface area (Å²) >= 11 is 0. The van der Waals surface area contributed by atoms with Crippen LogP contribution < -0.4 is 10.1 Å². The molecule has 112 valence electrons. The minimum atomic E-state index is -3.61. The van der Waals surface area contributed by atoms with Crippen molar-refractivity contribution in [3.63, 3.8) is 0 Å². The third kappa shape index (κ3) is 3.25. The Morgan fingerprint density at radius 3 is 2.55 bits per heavy atom. The van der Waals surface area contributed by atoms with Crippen LogP contribution in [-0.2, 0) is 10.0 Å². The van der Waals surface area contributed by atoms with Crippen molar-refractivity contribution >= 4 is 10.0 Å². The summed E-state index contributed by atoms with van der Waals surface area (Å²) in [6.07, 6.45) is 0. The average molecular weight is 306 g/mol. The van der Waals surface area contributed by atoms with E-state index < -0.39 is 16.6 Å². The van der Waals surface area contributed by atoms with E-state index in [1.54, 1.807) is 0 Å². The Morgan fingerprint density at radius 2 is 2.00 bits per heavy atom. The van der Waals surface area contributed by atoms with Gasteiger partial charge in [-0.1, -0.05) is 0 Å². The van der Waals surface area contributed by atoms with Gasteiger partial charge in [0.25, 0.3) is 0 Å². The van der Waals surface area contributed by atoms with Gasteiger partial charge in [0.15, 0.2) is 0 Å². The maximum absolute atomic E-state index is 12.4. The zero-order valence-electron chi connectivity index (χ0n) is 10.9. The molecular formula is C12H16F2N2O3S. The van der Waals surface area contributed by atoms with Crippen molar-refractivity contribution < 1.29 is 21.9 Å². The molecule has 1 heterocycles. The molecule has 20 heavy (non-hydrogen) atoms. The van der Waals surface area contributed by atoms with Crippen LogP contribution in [0.5, 0.6) is 5.75 Å². The standard InChI is InChI=1S/C12H16F2N2O3S/c1-9-8-15-6-7-16(9)20(17,18)11-4-2-10(3-5-11)19-12(13)14/h2-5,9,12,15H,6-8H2,1H3/t9-/m1/s1. The van der Waals surface area contributed by atoms with Crippen molar-refractivity contribution in [2.45, 2.75) is 24.5 Å². The van der Waals surface area contributed by atoms with Crippen molar-refractivity contribution in [1.82, 2.24) is 9.62 Å². The molecule has 8 heteroatoms. The van der Waals surface area contributed by atoms with Crippen molar-refractivity contribution in [2.24, 2.45) is 0 Å². The molecule has 0 amide bonds. The predicted octanol–water partition coefficient (Wildman–Crippen LogP) is 1.27. The van der Waals surface area contributed by atoms with Crippen LogP contribution >= 0.6 is 0 Å². The molecule has 1 N–H and O–H groups in total. The fourth-order valence-corrected chi connectivity index (χ4v) is 3.74. The van der Waals surface area contributed by atoms with Crippen LogP contribution in [0.1, 0.15) is 6.92 Å². The molecule has 2 rings (SSSR count). The normalized spacial score (nSPS) is 21.1. The molecule has 0 aromatic heterocycles. The first-order valence-electron chi connectivity index (χ1n) is 6.18. The Labute approximate surface area is 116 Å². The molecule has 0 bridgehead atoms. The second kappa shape index (κ2) is 6.02. The van der Waals surface area contributed by atoms with Crippen LogP contribution in [0.3, 0.4) is 0 Å². The van der Waals surface area contributed by atoms with Crippen LogP contribution in [0.2, 0.25) is 0 Å². The molecule has 0 unspecified atom stereocenters. The first-order valence-corrected chi connectivity index (χ1v) is 7.62. The minimum absolute atomic E-state index is 0.0627. The highest BCUT2D eigenvalue weighted by atomic mass is 32.2. The minimum Gasteiger partial charge on any atom is -0.435 e. The summed E-state index contributed by atoms with van der Waals surface area (Å²) in [6.45, 7) is 0.462. The van der Waals surface area contributed by atoms with E-state index in [4.69, 9.17) is 0 Å². The van der Waals surface area contributed by atoms with Gasteiger partial charge < -0.3 is 10.1 Å². The first-order chi connectivity index (χ1) is 9.41. The molecule has 1 fully saturated rings. The second-order valence-corrected chi connectivity index (χ2v) is 6.41. The van der Waals surface area contributed by atoms with Crippen molar-refractivity contribution in [2.75, 3.05) is 19.6 Å². The lowest BCUT2D eigenvalue weighted by Gasteiger charge is -2.32. The summed E-state index contributed by atoms with van der Waals surface area (Å²) in [5, 5.41) is 3.11. The fraction of sp³-hybridized carbons (Fsp3) is 0.500. The molecule has 0 spiro atoms. The van der Waals surface area contributed by atoms with E-state index in [-0.39, 0.29) is 16.7 Å². The largest absolute Gasteiger partial charge is 0.435 e. The van der Waals surface area contributed by atoms with Crippen LogP contribution in [0.4, 0.5) is 8.78 Å². The maximum atomic E-state index is 12.4. The molecular weight excluding hydrogens is 290 g/mol. The molecule has 1 aromatic carbocycles. The van der Waals surface area contributed by atoms with E-state index >= 15 is 0 Å². The summed E-state index contributed by atoms with van der Waals surface area (Å²) in [4.78, 5) is 0.0767. The van der Waals surface area contributed by atoms with Gasteiger partial charge in [0.2, 0.25) is 10.0 Å². The number of nitrogens with one attached hydrogen (secondary N) is 1. The Morgan fingerprint density at radius 1 is 1.35 bits per heavy atom. The van der Waals surface area contributed by atoms with Gasteiger partial charge in [0, 0.05) is 25.7 Å². The van der Waals surface area contributed by atoms with Crippen molar-refractivity contribution in [3.8, 4) is 5.75 Å². The summed E-state index contributed by atoms with van der Waals surface area (Å²) < 4.78 is 54.6. The number of halogens is 2. The van der Waals surface area contributed by atoms with Gasteiger partial charge in [-0.25, -0.2) is 8.42 Å². The highest BCUT2D eigenvalue weighted by Gasteiger charge is 2.30.